The van der Waals surface area contributed by atoms with Crippen molar-refractivity contribution in [3.8, 4) is 0 Å². The smallest absolute Gasteiger partial charge is 0.244 e. The normalized spacial score (nSPS) is 13.3. The van der Waals surface area contributed by atoms with E-state index in [1.54, 1.807) is 32.9 Å². The van der Waals surface area contributed by atoms with E-state index in [4.69, 9.17) is 10.2 Å². The highest BCUT2D eigenvalue weighted by molar-refractivity contribution is 7.89. The lowest BCUT2D eigenvalue weighted by molar-refractivity contribution is 0.440. The van der Waals surface area contributed by atoms with E-state index in [1.165, 1.54) is 0 Å². The van der Waals surface area contributed by atoms with Gasteiger partial charge in [0.2, 0.25) is 10.0 Å². The fourth-order valence-corrected chi connectivity index (χ4v) is 3.22. The summed E-state index contributed by atoms with van der Waals surface area (Å²) in [5.74, 6) is 0.287. The van der Waals surface area contributed by atoms with Crippen LogP contribution in [0.3, 0.4) is 0 Å². The number of nitrogens with one attached hydrogen (secondary N) is 1. The van der Waals surface area contributed by atoms with Crippen LogP contribution in [-0.4, -0.2) is 8.42 Å². The Kier molecular flexibility index (Phi) is 4.06. The molecule has 3 N–H and O–H groups in total. The molecule has 0 spiro atoms. The Hall–Kier alpha value is -1.86. The van der Waals surface area contributed by atoms with Crippen molar-refractivity contribution in [2.45, 2.75) is 31.7 Å². The number of hydrogen-bond acceptors (Lipinski definition) is 4. The first-order chi connectivity index (χ1) is 9.70. The molecule has 0 saturated heterocycles. The van der Waals surface area contributed by atoms with Crippen LogP contribution < -0.4 is 10.5 Å². The molecule has 0 fully saturated rings. The predicted octanol–water partition coefficient (Wildman–Crippen LogP) is 2.66. The van der Waals surface area contributed by atoms with Gasteiger partial charge in [-0.1, -0.05) is 0 Å². The van der Waals surface area contributed by atoms with Crippen molar-refractivity contribution in [1.29, 1.82) is 0 Å². The number of anilines is 1. The zero-order valence-corrected chi connectivity index (χ0v) is 12.8. The number of aryl methyl sites for hydroxylation is 2. The lowest BCUT2D eigenvalue weighted by Gasteiger charge is -2.13. The van der Waals surface area contributed by atoms with Gasteiger partial charge < -0.3 is 10.2 Å². The number of halogens is 1. The molecule has 5 nitrogen and oxygen atoms in total. The third kappa shape index (κ3) is 3.25. The van der Waals surface area contributed by atoms with Crippen LogP contribution in [0.4, 0.5) is 10.1 Å². The Balaban J connectivity index is 2.32. The molecule has 7 heteroatoms. The van der Waals surface area contributed by atoms with Crippen molar-refractivity contribution < 1.29 is 17.2 Å². The quantitative estimate of drug-likeness (QED) is 0.850. The Morgan fingerprint density at radius 2 is 1.95 bits per heavy atom. The summed E-state index contributed by atoms with van der Waals surface area (Å²) in [6.07, 6.45) is 0. The average molecular weight is 312 g/mol. The summed E-state index contributed by atoms with van der Waals surface area (Å²) in [6.45, 7) is 4.98. The first-order valence-corrected chi connectivity index (χ1v) is 7.83. The largest absolute Gasteiger partial charge is 0.465 e. The van der Waals surface area contributed by atoms with Crippen LogP contribution in [-0.2, 0) is 10.0 Å². The molecule has 0 amide bonds. The Labute approximate surface area is 123 Å². The lowest BCUT2D eigenvalue weighted by Crippen LogP contribution is -2.27. The number of benzene rings is 1. The van der Waals surface area contributed by atoms with Gasteiger partial charge in [-0.3, -0.25) is 0 Å². The molecule has 2 aromatic rings. The minimum atomic E-state index is -4.03. The topological polar surface area (TPSA) is 85.3 Å². The number of furan rings is 1. The molecule has 2 rings (SSSR count). The van der Waals surface area contributed by atoms with Crippen molar-refractivity contribution in [3.63, 3.8) is 0 Å². The van der Waals surface area contributed by atoms with E-state index < -0.39 is 26.8 Å². The maximum atomic E-state index is 13.9. The molecule has 0 bridgehead atoms. The molecule has 0 saturated carbocycles. The van der Waals surface area contributed by atoms with Gasteiger partial charge in [-0.05, 0) is 50.6 Å². The number of hydrogen-bond donors (Lipinski definition) is 2. The molecule has 1 aromatic carbocycles. The zero-order valence-electron chi connectivity index (χ0n) is 12.0. The molecule has 0 radical (unpaired) electrons. The molecule has 0 aliphatic heterocycles. The SMILES string of the molecule is Cc1ccc(C(C)NS(=O)(=O)c2cc(N)c(C)cc2F)o1. The molecule has 1 heterocycles. The van der Waals surface area contributed by atoms with Crippen molar-refractivity contribution >= 4 is 15.7 Å². The summed E-state index contributed by atoms with van der Waals surface area (Å²) in [5, 5.41) is 0. The standard InChI is InChI=1S/C14H17FN2O3S/c1-8-6-11(15)14(7-12(8)16)21(18,19)17-10(3)13-5-4-9(2)20-13/h4-7,10,17H,16H2,1-3H3. The molecule has 21 heavy (non-hydrogen) atoms. The monoisotopic (exact) mass is 312 g/mol. The lowest BCUT2D eigenvalue weighted by atomic mass is 10.2. The zero-order chi connectivity index (χ0) is 15.8. The summed E-state index contributed by atoms with van der Waals surface area (Å²) in [7, 11) is -4.03. The van der Waals surface area contributed by atoms with E-state index in [0.717, 1.165) is 12.1 Å². The van der Waals surface area contributed by atoms with Gasteiger partial charge in [0.25, 0.3) is 0 Å². The molecule has 1 unspecified atom stereocenters. The van der Waals surface area contributed by atoms with Gasteiger partial charge in [-0.2, -0.15) is 0 Å². The molecule has 114 valence electrons. The summed E-state index contributed by atoms with van der Waals surface area (Å²) in [5.41, 5.74) is 6.36. The van der Waals surface area contributed by atoms with E-state index in [2.05, 4.69) is 4.72 Å². The van der Waals surface area contributed by atoms with Gasteiger partial charge in [0, 0.05) is 5.69 Å². The minimum absolute atomic E-state index is 0.221. The Bertz CT molecular complexity index is 769. The maximum absolute atomic E-state index is 13.9. The van der Waals surface area contributed by atoms with Gasteiger partial charge in [0.15, 0.2) is 0 Å². The van der Waals surface area contributed by atoms with Crippen LogP contribution in [0.25, 0.3) is 0 Å². The second kappa shape index (κ2) is 5.50. The van der Waals surface area contributed by atoms with Crippen molar-refractivity contribution in [3.05, 3.63) is 47.2 Å². The first kappa shape index (κ1) is 15.5. The number of nitrogen functional groups attached to an aromatic ring is 1. The van der Waals surface area contributed by atoms with Gasteiger partial charge in [-0.25, -0.2) is 17.5 Å². The molecule has 1 aromatic heterocycles. The van der Waals surface area contributed by atoms with Gasteiger partial charge >= 0.3 is 0 Å². The fraction of sp³-hybridized carbons (Fsp3) is 0.286. The van der Waals surface area contributed by atoms with Crippen molar-refractivity contribution in [1.82, 2.24) is 4.72 Å². The van der Waals surface area contributed by atoms with Crippen LogP contribution in [0.2, 0.25) is 0 Å². The van der Waals surface area contributed by atoms with Gasteiger partial charge in [0.05, 0.1) is 6.04 Å². The Morgan fingerprint density at radius 3 is 2.52 bits per heavy atom. The highest BCUT2D eigenvalue weighted by atomic mass is 32.2. The number of sulfonamides is 1. The molecule has 1 atom stereocenters. The molecular weight excluding hydrogens is 295 g/mol. The van der Waals surface area contributed by atoms with E-state index in [9.17, 15) is 12.8 Å². The average Bonchev–Trinajstić information content (AvgIpc) is 2.80. The van der Waals surface area contributed by atoms with Crippen LogP contribution in [0.15, 0.2) is 33.6 Å². The van der Waals surface area contributed by atoms with Crippen LogP contribution in [0.1, 0.15) is 30.0 Å². The highest BCUT2D eigenvalue weighted by Gasteiger charge is 2.24. The molecular formula is C14H17FN2O3S. The predicted molar refractivity (Wildman–Crippen MR) is 77.7 cm³/mol. The molecule has 0 aliphatic carbocycles. The second-order valence-corrected chi connectivity index (χ2v) is 6.61. The van der Waals surface area contributed by atoms with Gasteiger partial charge in [0.1, 0.15) is 22.2 Å². The van der Waals surface area contributed by atoms with Crippen LogP contribution in [0.5, 0.6) is 0 Å². The second-order valence-electron chi connectivity index (χ2n) is 4.93. The first-order valence-electron chi connectivity index (χ1n) is 6.35. The number of rotatable bonds is 4. The van der Waals surface area contributed by atoms with Crippen molar-refractivity contribution in [2.75, 3.05) is 5.73 Å². The van der Waals surface area contributed by atoms with E-state index in [0.29, 0.717) is 17.1 Å². The van der Waals surface area contributed by atoms with E-state index in [-0.39, 0.29) is 5.69 Å². The van der Waals surface area contributed by atoms with Gasteiger partial charge in [-0.15, -0.1) is 0 Å². The van der Waals surface area contributed by atoms with Crippen molar-refractivity contribution in [2.24, 2.45) is 0 Å². The summed E-state index contributed by atoms with van der Waals surface area (Å²) < 4.78 is 46.1. The Morgan fingerprint density at radius 1 is 1.29 bits per heavy atom. The summed E-state index contributed by atoms with van der Waals surface area (Å²) >= 11 is 0. The maximum Gasteiger partial charge on any atom is 0.244 e. The van der Waals surface area contributed by atoms with Crippen LogP contribution >= 0.6 is 0 Å². The van der Waals surface area contributed by atoms with Crippen LogP contribution in [0, 0.1) is 19.7 Å². The van der Waals surface area contributed by atoms with E-state index in [1.807, 2.05) is 0 Å². The third-order valence-corrected chi connectivity index (χ3v) is 4.69. The summed E-state index contributed by atoms with van der Waals surface area (Å²) in [4.78, 5) is -0.472. The minimum Gasteiger partial charge on any atom is -0.465 e. The fourth-order valence-electron chi connectivity index (χ4n) is 1.91. The number of nitrogens with two attached hydrogens (primary N) is 1. The highest BCUT2D eigenvalue weighted by Crippen LogP contribution is 2.24. The summed E-state index contributed by atoms with van der Waals surface area (Å²) in [6, 6.07) is 5.00. The third-order valence-electron chi connectivity index (χ3n) is 3.13. The molecule has 0 aliphatic rings. The van der Waals surface area contributed by atoms with E-state index >= 15 is 0 Å².